The third-order valence-electron chi connectivity index (χ3n) is 2.32. The Morgan fingerprint density at radius 2 is 1.94 bits per heavy atom. The van der Waals surface area contributed by atoms with E-state index in [1.54, 1.807) is 36.4 Å². The zero-order chi connectivity index (χ0) is 12.3. The topological polar surface area (TPSA) is 61.8 Å². The van der Waals surface area contributed by atoms with Crippen molar-refractivity contribution in [3.05, 3.63) is 53.8 Å². The molecule has 0 saturated heterocycles. The van der Waals surface area contributed by atoms with Gasteiger partial charge in [0.1, 0.15) is 11.9 Å². The molecule has 17 heavy (non-hydrogen) atoms. The van der Waals surface area contributed by atoms with Crippen LogP contribution in [0.4, 0.5) is 21.5 Å². The highest BCUT2D eigenvalue weighted by atomic mass is 19.1. The van der Waals surface area contributed by atoms with Crippen LogP contribution in [0.25, 0.3) is 0 Å². The SMILES string of the molecule is N#Cc1ccc(Nc2ccccc2F)cc1N. The molecule has 0 aliphatic carbocycles. The standard InChI is InChI=1S/C13H10FN3/c14-11-3-1-2-4-13(11)17-10-6-5-9(8-15)12(16)7-10/h1-7,17H,16H2. The first-order chi connectivity index (χ1) is 8.20. The molecule has 0 bridgehead atoms. The molecule has 0 saturated carbocycles. The first-order valence-corrected chi connectivity index (χ1v) is 5.02. The lowest BCUT2D eigenvalue weighted by Gasteiger charge is -2.08. The van der Waals surface area contributed by atoms with Gasteiger partial charge in [-0.15, -0.1) is 0 Å². The minimum Gasteiger partial charge on any atom is -0.398 e. The number of nitriles is 1. The quantitative estimate of drug-likeness (QED) is 0.775. The lowest BCUT2D eigenvalue weighted by atomic mass is 10.1. The van der Waals surface area contributed by atoms with E-state index in [2.05, 4.69) is 5.32 Å². The van der Waals surface area contributed by atoms with Gasteiger partial charge in [-0.05, 0) is 30.3 Å². The summed E-state index contributed by atoms with van der Waals surface area (Å²) in [6, 6.07) is 13.2. The van der Waals surface area contributed by atoms with Crippen molar-refractivity contribution in [3.8, 4) is 6.07 Å². The molecular formula is C13H10FN3. The van der Waals surface area contributed by atoms with Crippen LogP contribution in [0.2, 0.25) is 0 Å². The van der Waals surface area contributed by atoms with Gasteiger partial charge in [-0.2, -0.15) is 5.26 Å². The van der Waals surface area contributed by atoms with Gasteiger partial charge in [0, 0.05) is 5.69 Å². The van der Waals surface area contributed by atoms with Crippen LogP contribution in [0.1, 0.15) is 5.56 Å². The van der Waals surface area contributed by atoms with Crippen LogP contribution in [-0.4, -0.2) is 0 Å². The third-order valence-corrected chi connectivity index (χ3v) is 2.32. The first-order valence-electron chi connectivity index (χ1n) is 5.02. The van der Waals surface area contributed by atoms with Gasteiger partial charge in [-0.25, -0.2) is 4.39 Å². The number of halogens is 1. The Morgan fingerprint density at radius 1 is 1.18 bits per heavy atom. The van der Waals surface area contributed by atoms with Crippen LogP contribution in [0.3, 0.4) is 0 Å². The molecule has 0 radical (unpaired) electrons. The Morgan fingerprint density at radius 3 is 2.59 bits per heavy atom. The fraction of sp³-hybridized carbons (Fsp3) is 0. The van der Waals surface area contributed by atoms with Crippen molar-refractivity contribution in [1.82, 2.24) is 0 Å². The van der Waals surface area contributed by atoms with Crippen molar-refractivity contribution in [3.63, 3.8) is 0 Å². The minimum absolute atomic E-state index is 0.338. The van der Waals surface area contributed by atoms with Crippen LogP contribution in [0.5, 0.6) is 0 Å². The Balaban J connectivity index is 2.29. The number of hydrogen-bond acceptors (Lipinski definition) is 3. The minimum atomic E-state index is -0.338. The third kappa shape index (κ3) is 2.34. The first kappa shape index (κ1) is 11.0. The van der Waals surface area contributed by atoms with Crippen LogP contribution in [0.15, 0.2) is 42.5 Å². The summed E-state index contributed by atoms with van der Waals surface area (Å²) in [5.41, 5.74) is 7.46. The van der Waals surface area contributed by atoms with Gasteiger partial charge in [-0.3, -0.25) is 0 Å². The summed E-state index contributed by atoms with van der Waals surface area (Å²) in [7, 11) is 0. The summed E-state index contributed by atoms with van der Waals surface area (Å²) >= 11 is 0. The summed E-state index contributed by atoms with van der Waals surface area (Å²) in [5.74, 6) is -0.338. The number of nitrogens with zero attached hydrogens (tertiary/aromatic N) is 1. The highest BCUT2D eigenvalue weighted by Gasteiger charge is 2.03. The van der Waals surface area contributed by atoms with Crippen LogP contribution >= 0.6 is 0 Å². The van der Waals surface area contributed by atoms with E-state index in [0.29, 0.717) is 22.6 Å². The lowest BCUT2D eigenvalue weighted by Crippen LogP contribution is -1.96. The predicted molar refractivity (Wildman–Crippen MR) is 65.3 cm³/mol. The molecule has 0 fully saturated rings. The average molecular weight is 227 g/mol. The zero-order valence-corrected chi connectivity index (χ0v) is 8.94. The number of nitrogens with one attached hydrogen (secondary N) is 1. The molecule has 0 amide bonds. The monoisotopic (exact) mass is 227 g/mol. The molecule has 0 aliphatic heterocycles. The van der Waals surface area contributed by atoms with E-state index in [1.165, 1.54) is 6.07 Å². The highest BCUT2D eigenvalue weighted by Crippen LogP contribution is 2.22. The molecule has 0 heterocycles. The number of hydrogen-bond donors (Lipinski definition) is 2. The van der Waals surface area contributed by atoms with Gasteiger partial charge in [0.15, 0.2) is 0 Å². The Hall–Kier alpha value is -2.54. The van der Waals surface area contributed by atoms with E-state index in [1.807, 2.05) is 6.07 Å². The van der Waals surface area contributed by atoms with E-state index in [0.717, 1.165) is 0 Å². The molecular weight excluding hydrogens is 217 g/mol. The molecule has 2 rings (SSSR count). The maximum absolute atomic E-state index is 13.4. The summed E-state index contributed by atoms with van der Waals surface area (Å²) in [4.78, 5) is 0. The lowest BCUT2D eigenvalue weighted by molar-refractivity contribution is 0.632. The second-order valence-corrected chi connectivity index (χ2v) is 3.52. The van der Waals surface area contributed by atoms with Crippen molar-refractivity contribution in [2.45, 2.75) is 0 Å². The fourth-order valence-electron chi connectivity index (χ4n) is 1.46. The molecule has 4 heteroatoms. The van der Waals surface area contributed by atoms with Crippen LogP contribution < -0.4 is 11.1 Å². The zero-order valence-electron chi connectivity index (χ0n) is 8.94. The number of nitrogens with two attached hydrogens (primary N) is 1. The highest BCUT2D eigenvalue weighted by molar-refractivity contribution is 5.67. The van der Waals surface area contributed by atoms with Crippen LogP contribution in [0, 0.1) is 17.1 Å². The van der Waals surface area contributed by atoms with Gasteiger partial charge in [-0.1, -0.05) is 12.1 Å². The predicted octanol–water partition coefficient (Wildman–Crippen LogP) is 3.02. The van der Waals surface area contributed by atoms with Gasteiger partial charge < -0.3 is 11.1 Å². The van der Waals surface area contributed by atoms with Crippen molar-refractivity contribution < 1.29 is 4.39 Å². The maximum Gasteiger partial charge on any atom is 0.146 e. The van der Waals surface area contributed by atoms with Crippen molar-refractivity contribution in [1.29, 1.82) is 5.26 Å². The van der Waals surface area contributed by atoms with Crippen molar-refractivity contribution in [2.75, 3.05) is 11.1 Å². The van der Waals surface area contributed by atoms with E-state index in [-0.39, 0.29) is 5.82 Å². The molecule has 3 N–H and O–H groups in total. The summed E-state index contributed by atoms with van der Waals surface area (Å²) < 4.78 is 13.4. The van der Waals surface area contributed by atoms with Gasteiger partial charge in [0.05, 0.1) is 16.9 Å². The average Bonchev–Trinajstić information content (AvgIpc) is 2.32. The van der Waals surface area contributed by atoms with Gasteiger partial charge in [0.2, 0.25) is 0 Å². The van der Waals surface area contributed by atoms with E-state index in [9.17, 15) is 4.39 Å². The summed E-state index contributed by atoms with van der Waals surface area (Å²) in [6.07, 6.45) is 0. The number of nitrogen functional groups attached to an aromatic ring is 1. The van der Waals surface area contributed by atoms with Crippen molar-refractivity contribution in [2.24, 2.45) is 0 Å². The molecule has 0 aromatic heterocycles. The number of rotatable bonds is 2. The largest absolute Gasteiger partial charge is 0.398 e. The van der Waals surface area contributed by atoms with Crippen molar-refractivity contribution >= 4 is 17.1 Å². The second kappa shape index (κ2) is 4.54. The molecule has 3 nitrogen and oxygen atoms in total. The molecule has 84 valence electrons. The molecule has 0 spiro atoms. The molecule has 2 aromatic carbocycles. The summed E-state index contributed by atoms with van der Waals surface area (Å²) in [6.45, 7) is 0. The summed E-state index contributed by atoms with van der Waals surface area (Å²) in [5, 5.41) is 11.6. The van der Waals surface area contributed by atoms with E-state index >= 15 is 0 Å². The Kier molecular flexibility index (Phi) is 2.93. The Labute approximate surface area is 98.3 Å². The number of para-hydroxylation sites is 1. The maximum atomic E-state index is 13.4. The normalized spacial score (nSPS) is 9.65. The molecule has 0 atom stereocenters. The molecule has 0 unspecified atom stereocenters. The molecule has 0 aliphatic rings. The second-order valence-electron chi connectivity index (χ2n) is 3.52. The number of anilines is 3. The van der Waals surface area contributed by atoms with Gasteiger partial charge in [0.25, 0.3) is 0 Å². The van der Waals surface area contributed by atoms with Crippen LogP contribution in [-0.2, 0) is 0 Å². The van der Waals surface area contributed by atoms with Gasteiger partial charge >= 0.3 is 0 Å². The number of benzene rings is 2. The fourth-order valence-corrected chi connectivity index (χ4v) is 1.46. The van der Waals surface area contributed by atoms with E-state index < -0.39 is 0 Å². The Bertz CT molecular complexity index is 587. The smallest absolute Gasteiger partial charge is 0.146 e. The van der Waals surface area contributed by atoms with E-state index in [4.69, 9.17) is 11.0 Å². The molecule has 2 aromatic rings.